The maximum Gasteiger partial charge on any atom is 0.154 e. The van der Waals surface area contributed by atoms with Crippen LogP contribution in [0.1, 0.15) is 24.8 Å². The Morgan fingerprint density at radius 2 is 1.74 bits per heavy atom. The molecule has 4 heterocycles. The van der Waals surface area contributed by atoms with Crippen LogP contribution in [0.4, 0.5) is 5.82 Å². The zero-order chi connectivity index (χ0) is 20.9. The van der Waals surface area contributed by atoms with Crippen LogP contribution in [0.25, 0.3) is 16.9 Å². The van der Waals surface area contributed by atoms with Crippen LogP contribution in [-0.2, 0) is 6.54 Å². The van der Waals surface area contributed by atoms with E-state index in [1.54, 1.807) is 12.4 Å². The summed E-state index contributed by atoms with van der Waals surface area (Å²) in [6.45, 7) is 4.39. The predicted molar refractivity (Wildman–Crippen MR) is 124 cm³/mol. The second-order valence-corrected chi connectivity index (χ2v) is 8.29. The van der Waals surface area contributed by atoms with Crippen molar-refractivity contribution in [1.82, 2.24) is 24.5 Å². The van der Waals surface area contributed by atoms with Gasteiger partial charge in [0.25, 0.3) is 0 Å². The molecule has 0 bridgehead atoms. The summed E-state index contributed by atoms with van der Waals surface area (Å²) < 4.78 is 1.90. The Labute approximate surface area is 183 Å². The third-order valence-corrected chi connectivity index (χ3v) is 6.15. The molecule has 1 fully saturated rings. The van der Waals surface area contributed by atoms with Crippen molar-refractivity contribution < 1.29 is 0 Å². The number of nitrogens with one attached hydrogen (secondary N) is 1. The van der Waals surface area contributed by atoms with Gasteiger partial charge in [-0.2, -0.15) is 0 Å². The lowest BCUT2D eigenvalue weighted by Crippen LogP contribution is -2.33. The van der Waals surface area contributed by atoms with E-state index in [1.807, 2.05) is 35.0 Å². The fraction of sp³-hybridized carbons (Fsp3) is 0.320. The maximum atomic E-state index is 4.77. The standard InChI is InChI=1S/C25H28N6/c1-2-4-21(5-3-1)19-30-16-11-20(12-17-30)8-15-27-24-6-7-25-28-18-23(31(25)29-24)22-9-13-26-14-10-22/h1-7,9-10,13-14,18,20H,8,11-12,15-17,19H2,(H,27,29). The van der Waals surface area contributed by atoms with E-state index in [9.17, 15) is 0 Å². The Kier molecular flexibility index (Phi) is 5.89. The molecule has 6 heteroatoms. The third-order valence-electron chi connectivity index (χ3n) is 6.15. The smallest absolute Gasteiger partial charge is 0.154 e. The number of fused-ring (bicyclic) bond motifs is 1. The molecule has 0 aliphatic carbocycles. The molecule has 5 rings (SSSR count). The monoisotopic (exact) mass is 412 g/mol. The van der Waals surface area contributed by atoms with Gasteiger partial charge in [0.05, 0.1) is 11.9 Å². The highest BCUT2D eigenvalue weighted by Gasteiger charge is 2.19. The molecule has 0 radical (unpaired) electrons. The van der Waals surface area contributed by atoms with Crippen molar-refractivity contribution in [2.45, 2.75) is 25.8 Å². The van der Waals surface area contributed by atoms with Gasteiger partial charge in [-0.05, 0) is 68.1 Å². The molecule has 0 atom stereocenters. The Bertz CT molecular complexity index is 1100. The number of piperidine rings is 1. The summed E-state index contributed by atoms with van der Waals surface area (Å²) in [7, 11) is 0. The Balaban J connectivity index is 1.13. The van der Waals surface area contributed by atoms with Gasteiger partial charge in [0.15, 0.2) is 5.65 Å². The van der Waals surface area contributed by atoms with Gasteiger partial charge in [-0.25, -0.2) is 9.50 Å². The number of nitrogens with zero attached hydrogens (tertiary/aromatic N) is 5. The molecular formula is C25H28N6. The van der Waals surface area contributed by atoms with Gasteiger partial charge in [0.1, 0.15) is 5.82 Å². The van der Waals surface area contributed by atoms with Gasteiger partial charge in [-0.1, -0.05) is 30.3 Å². The highest BCUT2D eigenvalue weighted by Crippen LogP contribution is 2.23. The Morgan fingerprint density at radius 1 is 0.935 bits per heavy atom. The number of imidazole rings is 1. The number of benzene rings is 1. The van der Waals surface area contributed by atoms with Gasteiger partial charge in [0, 0.05) is 31.0 Å². The van der Waals surface area contributed by atoms with Crippen LogP contribution in [0.15, 0.2) is 73.2 Å². The van der Waals surface area contributed by atoms with Gasteiger partial charge in [-0.3, -0.25) is 9.88 Å². The van der Waals surface area contributed by atoms with E-state index < -0.39 is 0 Å². The molecule has 1 aromatic carbocycles. The second-order valence-electron chi connectivity index (χ2n) is 8.29. The van der Waals surface area contributed by atoms with E-state index in [4.69, 9.17) is 5.10 Å². The minimum atomic E-state index is 0.781. The molecule has 3 aromatic heterocycles. The first-order valence-electron chi connectivity index (χ1n) is 11.1. The molecule has 1 aliphatic heterocycles. The lowest BCUT2D eigenvalue weighted by Gasteiger charge is -2.32. The lowest BCUT2D eigenvalue weighted by molar-refractivity contribution is 0.174. The summed E-state index contributed by atoms with van der Waals surface area (Å²) in [6.07, 6.45) is 9.18. The second kappa shape index (κ2) is 9.27. The third kappa shape index (κ3) is 4.75. The summed E-state index contributed by atoms with van der Waals surface area (Å²) in [6, 6.07) is 18.8. The molecule has 1 saturated heterocycles. The summed E-state index contributed by atoms with van der Waals surface area (Å²) in [5, 5.41) is 8.29. The van der Waals surface area contributed by atoms with Crippen LogP contribution in [0.3, 0.4) is 0 Å². The molecule has 6 nitrogen and oxygen atoms in total. The molecule has 4 aromatic rings. The van der Waals surface area contributed by atoms with Crippen LogP contribution in [-0.4, -0.2) is 44.1 Å². The van der Waals surface area contributed by atoms with Crippen molar-refractivity contribution in [3.63, 3.8) is 0 Å². The van der Waals surface area contributed by atoms with E-state index >= 15 is 0 Å². The molecular weight excluding hydrogens is 384 g/mol. The fourth-order valence-electron chi connectivity index (χ4n) is 4.37. The van der Waals surface area contributed by atoms with Crippen molar-refractivity contribution >= 4 is 11.5 Å². The van der Waals surface area contributed by atoms with Crippen LogP contribution in [0.2, 0.25) is 0 Å². The van der Waals surface area contributed by atoms with Crippen molar-refractivity contribution in [2.75, 3.05) is 25.0 Å². The highest BCUT2D eigenvalue weighted by molar-refractivity contribution is 5.63. The molecule has 1 N–H and O–H groups in total. The van der Waals surface area contributed by atoms with Gasteiger partial charge < -0.3 is 5.32 Å². The fourth-order valence-corrected chi connectivity index (χ4v) is 4.37. The summed E-state index contributed by atoms with van der Waals surface area (Å²) in [5.74, 6) is 1.67. The lowest BCUT2D eigenvalue weighted by atomic mass is 9.93. The number of anilines is 1. The number of likely N-dealkylation sites (tertiary alicyclic amines) is 1. The maximum absolute atomic E-state index is 4.77. The quantitative estimate of drug-likeness (QED) is 0.484. The molecule has 1 aliphatic rings. The highest BCUT2D eigenvalue weighted by atomic mass is 15.3. The zero-order valence-electron chi connectivity index (χ0n) is 17.7. The van der Waals surface area contributed by atoms with E-state index in [1.165, 1.54) is 37.9 Å². The van der Waals surface area contributed by atoms with Crippen LogP contribution < -0.4 is 5.32 Å². The first-order chi connectivity index (χ1) is 15.3. The van der Waals surface area contributed by atoms with Crippen LogP contribution in [0, 0.1) is 5.92 Å². The molecule has 0 unspecified atom stereocenters. The van der Waals surface area contributed by atoms with Crippen molar-refractivity contribution in [3.05, 3.63) is 78.8 Å². The van der Waals surface area contributed by atoms with E-state index in [2.05, 4.69) is 50.5 Å². The average Bonchev–Trinajstić information content (AvgIpc) is 3.25. The largest absolute Gasteiger partial charge is 0.369 e. The van der Waals surface area contributed by atoms with Crippen LogP contribution >= 0.6 is 0 Å². The first kappa shape index (κ1) is 19.7. The van der Waals surface area contributed by atoms with Gasteiger partial charge >= 0.3 is 0 Å². The van der Waals surface area contributed by atoms with Crippen molar-refractivity contribution in [3.8, 4) is 11.3 Å². The summed E-state index contributed by atoms with van der Waals surface area (Å²) in [4.78, 5) is 11.2. The van der Waals surface area contributed by atoms with E-state index in [0.717, 1.165) is 41.7 Å². The van der Waals surface area contributed by atoms with E-state index in [-0.39, 0.29) is 0 Å². The Hall–Kier alpha value is -3.25. The van der Waals surface area contributed by atoms with Crippen molar-refractivity contribution in [2.24, 2.45) is 5.92 Å². The van der Waals surface area contributed by atoms with E-state index in [0.29, 0.717) is 0 Å². The average molecular weight is 413 g/mol. The minimum absolute atomic E-state index is 0.781. The molecule has 31 heavy (non-hydrogen) atoms. The van der Waals surface area contributed by atoms with Crippen molar-refractivity contribution in [1.29, 1.82) is 0 Å². The normalized spacial score (nSPS) is 15.4. The molecule has 0 spiro atoms. The molecule has 158 valence electrons. The predicted octanol–water partition coefficient (Wildman–Crippen LogP) is 4.51. The number of aromatic nitrogens is 4. The first-order valence-corrected chi connectivity index (χ1v) is 11.1. The van der Waals surface area contributed by atoms with Gasteiger partial charge in [-0.15, -0.1) is 5.10 Å². The SMILES string of the molecule is c1ccc(CN2CCC(CCNc3ccc4ncc(-c5ccncc5)n4n3)CC2)cc1. The number of pyridine rings is 1. The zero-order valence-corrected chi connectivity index (χ0v) is 17.7. The topological polar surface area (TPSA) is 58.3 Å². The van der Waals surface area contributed by atoms with Crippen LogP contribution in [0.5, 0.6) is 0 Å². The molecule has 0 saturated carbocycles. The van der Waals surface area contributed by atoms with Gasteiger partial charge in [0.2, 0.25) is 0 Å². The summed E-state index contributed by atoms with van der Waals surface area (Å²) >= 11 is 0. The number of hydrogen-bond acceptors (Lipinski definition) is 5. The molecule has 0 amide bonds. The number of rotatable bonds is 7. The number of hydrogen-bond donors (Lipinski definition) is 1. The minimum Gasteiger partial charge on any atom is -0.369 e. The Morgan fingerprint density at radius 3 is 2.55 bits per heavy atom. The summed E-state index contributed by atoms with van der Waals surface area (Å²) in [5.41, 5.74) is 4.30.